The zero-order valence-corrected chi connectivity index (χ0v) is 11.2. The van der Waals surface area contributed by atoms with E-state index in [-0.39, 0.29) is 0 Å². The van der Waals surface area contributed by atoms with Crippen LogP contribution < -0.4 is 0 Å². The summed E-state index contributed by atoms with van der Waals surface area (Å²) in [6.07, 6.45) is 1.73. The fraction of sp³-hybridized carbons (Fsp3) is 0. The van der Waals surface area contributed by atoms with Gasteiger partial charge in [0.2, 0.25) is 0 Å². The average Bonchev–Trinajstić information content (AvgIpc) is 2.94. The Hall–Kier alpha value is -0.560. The van der Waals surface area contributed by atoms with Crippen LogP contribution in [0.5, 0.6) is 0 Å². The highest BCUT2D eigenvalue weighted by Gasteiger charge is 2.08. The van der Waals surface area contributed by atoms with Gasteiger partial charge in [-0.1, -0.05) is 21.6 Å². The molecule has 0 N–H and O–H groups in total. The van der Waals surface area contributed by atoms with Crippen LogP contribution >= 0.6 is 44.3 Å². The third-order valence-corrected chi connectivity index (χ3v) is 6.17. The van der Waals surface area contributed by atoms with E-state index in [1.165, 1.54) is 44.3 Å². The number of hydrogen-bond donors (Lipinski definition) is 0. The van der Waals surface area contributed by atoms with Crippen molar-refractivity contribution in [3.63, 3.8) is 0 Å². The molecule has 0 aliphatic heterocycles. The minimum absolute atomic E-state index is 0.736. The molecule has 0 fully saturated rings. The topological polar surface area (TPSA) is 34.1 Å². The molecule has 2 heterocycles. The van der Waals surface area contributed by atoms with Crippen LogP contribution in [0.3, 0.4) is 0 Å². The van der Waals surface area contributed by atoms with Crippen LogP contribution in [0.4, 0.5) is 0 Å². The van der Waals surface area contributed by atoms with Crippen molar-refractivity contribution in [3.05, 3.63) is 32.6 Å². The molecule has 16 heavy (non-hydrogen) atoms. The maximum Gasteiger partial charge on any atom is 0.161 e. The second kappa shape index (κ2) is 5.67. The molecule has 0 bridgehead atoms. The summed E-state index contributed by atoms with van der Waals surface area (Å²) >= 11 is 2.86. The van der Waals surface area contributed by atoms with Crippen molar-refractivity contribution in [2.75, 3.05) is 0 Å². The molecule has 0 saturated heterocycles. The van der Waals surface area contributed by atoms with Crippen LogP contribution in [0.15, 0.2) is 32.7 Å². The van der Waals surface area contributed by atoms with Crippen molar-refractivity contribution in [1.29, 1.82) is 0 Å². The van der Waals surface area contributed by atoms with E-state index in [1.54, 1.807) is 0 Å². The number of carbonyl (C=O) groups is 2. The molecule has 0 aromatic carbocycles. The van der Waals surface area contributed by atoms with Crippen LogP contribution in [0, 0.1) is 0 Å². The molecule has 2 aromatic heterocycles. The summed E-state index contributed by atoms with van der Waals surface area (Å²) in [4.78, 5) is 24.8. The molecule has 0 aliphatic rings. The Morgan fingerprint density at radius 3 is 1.69 bits per heavy atom. The normalized spacial score (nSPS) is 10.2. The molecule has 0 radical (unpaired) electrons. The summed E-state index contributed by atoms with van der Waals surface area (Å²) < 4.78 is 0. The summed E-state index contributed by atoms with van der Waals surface area (Å²) in [6.45, 7) is 0. The molecular weight excluding hydrogens is 280 g/mol. The van der Waals surface area contributed by atoms with Crippen molar-refractivity contribution in [2.45, 2.75) is 9.79 Å². The molecule has 0 amide bonds. The van der Waals surface area contributed by atoms with E-state index < -0.39 is 0 Å². The molecule has 0 unspecified atom stereocenters. The van der Waals surface area contributed by atoms with Crippen LogP contribution in [0.25, 0.3) is 0 Å². The lowest BCUT2D eigenvalue weighted by atomic mass is 10.5. The van der Waals surface area contributed by atoms with Crippen molar-refractivity contribution < 1.29 is 9.59 Å². The first-order valence-electron chi connectivity index (χ1n) is 4.25. The fourth-order valence-corrected chi connectivity index (χ4v) is 5.32. The Balaban J connectivity index is 2.07. The van der Waals surface area contributed by atoms with Gasteiger partial charge in [0, 0.05) is 9.79 Å². The number of carbonyl (C=O) groups excluding carboxylic acids is 2. The molecule has 82 valence electrons. The SMILES string of the molecule is O=Cc1sccc1SSc1ccsc1C=O. The van der Waals surface area contributed by atoms with Crippen molar-refractivity contribution in [2.24, 2.45) is 0 Å². The van der Waals surface area contributed by atoms with Crippen molar-refractivity contribution >= 4 is 56.8 Å². The van der Waals surface area contributed by atoms with E-state index in [4.69, 9.17) is 0 Å². The second-order valence-electron chi connectivity index (χ2n) is 2.70. The van der Waals surface area contributed by atoms with Gasteiger partial charge >= 0.3 is 0 Å². The molecule has 0 saturated carbocycles. The fourth-order valence-electron chi connectivity index (χ4n) is 1.02. The second-order valence-corrected chi connectivity index (χ2v) is 6.81. The lowest BCUT2D eigenvalue weighted by Gasteiger charge is -1.97. The summed E-state index contributed by atoms with van der Waals surface area (Å²) in [5.74, 6) is 0. The summed E-state index contributed by atoms with van der Waals surface area (Å²) in [6, 6.07) is 3.83. The lowest BCUT2D eigenvalue weighted by Crippen LogP contribution is -1.75. The monoisotopic (exact) mass is 286 g/mol. The Labute approximate surface area is 108 Å². The average molecular weight is 286 g/mol. The highest BCUT2D eigenvalue weighted by molar-refractivity contribution is 8.76. The van der Waals surface area contributed by atoms with Gasteiger partial charge in [-0.25, -0.2) is 0 Å². The summed E-state index contributed by atoms with van der Waals surface area (Å²) in [5.41, 5.74) is 0. The molecule has 0 atom stereocenters. The Bertz CT molecular complexity index is 454. The van der Waals surface area contributed by atoms with Crippen LogP contribution in [0.1, 0.15) is 19.3 Å². The Morgan fingerprint density at radius 2 is 1.31 bits per heavy atom. The van der Waals surface area contributed by atoms with Crippen LogP contribution in [-0.4, -0.2) is 12.6 Å². The Morgan fingerprint density at radius 1 is 0.875 bits per heavy atom. The minimum Gasteiger partial charge on any atom is -0.297 e. The highest BCUT2D eigenvalue weighted by atomic mass is 33.1. The van der Waals surface area contributed by atoms with Gasteiger partial charge in [-0.3, -0.25) is 9.59 Å². The van der Waals surface area contributed by atoms with Crippen molar-refractivity contribution in [3.8, 4) is 0 Å². The molecule has 2 nitrogen and oxygen atoms in total. The third-order valence-electron chi connectivity index (χ3n) is 1.75. The van der Waals surface area contributed by atoms with Gasteiger partial charge in [-0.15, -0.1) is 22.7 Å². The smallest absolute Gasteiger partial charge is 0.161 e. The largest absolute Gasteiger partial charge is 0.297 e. The lowest BCUT2D eigenvalue weighted by molar-refractivity contribution is 0.111. The molecule has 2 aromatic rings. The highest BCUT2D eigenvalue weighted by Crippen LogP contribution is 2.42. The zero-order chi connectivity index (χ0) is 11.4. The van der Waals surface area contributed by atoms with Gasteiger partial charge < -0.3 is 0 Å². The molecule has 6 heteroatoms. The molecule has 2 rings (SSSR count). The van der Waals surface area contributed by atoms with Gasteiger partial charge in [0.1, 0.15) is 0 Å². The minimum atomic E-state index is 0.736. The first kappa shape index (κ1) is 11.9. The van der Waals surface area contributed by atoms with E-state index in [2.05, 4.69) is 0 Å². The van der Waals surface area contributed by atoms with Gasteiger partial charge in [-0.05, 0) is 22.9 Å². The maximum atomic E-state index is 10.7. The van der Waals surface area contributed by atoms with Crippen LogP contribution in [0.2, 0.25) is 0 Å². The standard InChI is InChI=1S/C10H6O2S4/c11-5-9-7(1-3-13-9)15-16-8-2-4-14-10(8)6-12/h1-6H. The van der Waals surface area contributed by atoms with E-state index in [1.807, 2.05) is 22.9 Å². The van der Waals surface area contributed by atoms with E-state index in [0.717, 1.165) is 32.1 Å². The quantitative estimate of drug-likeness (QED) is 0.608. The van der Waals surface area contributed by atoms with Gasteiger partial charge in [0.05, 0.1) is 9.75 Å². The third kappa shape index (κ3) is 2.57. The molecule has 0 aliphatic carbocycles. The van der Waals surface area contributed by atoms with E-state index in [0.29, 0.717) is 0 Å². The number of rotatable bonds is 5. The first-order valence-corrected chi connectivity index (χ1v) is 8.16. The predicted molar refractivity (Wildman–Crippen MR) is 71.1 cm³/mol. The van der Waals surface area contributed by atoms with Gasteiger partial charge in [0.25, 0.3) is 0 Å². The number of aldehydes is 2. The number of thiophene rings is 2. The van der Waals surface area contributed by atoms with E-state index in [9.17, 15) is 9.59 Å². The molecule has 0 spiro atoms. The van der Waals surface area contributed by atoms with E-state index >= 15 is 0 Å². The predicted octanol–water partition coefficient (Wildman–Crippen LogP) is 4.23. The first-order chi connectivity index (χ1) is 7.85. The van der Waals surface area contributed by atoms with Crippen molar-refractivity contribution in [1.82, 2.24) is 0 Å². The van der Waals surface area contributed by atoms with Gasteiger partial charge in [-0.2, -0.15) is 0 Å². The maximum absolute atomic E-state index is 10.7. The Kier molecular flexibility index (Phi) is 4.22. The van der Waals surface area contributed by atoms with Gasteiger partial charge in [0.15, 0.2) is 12.6 Å². The summed E-state index contributed by atoms with van der Waals surface area (Å²) in [7, 11) is 3.02. The molecular formula is C10H6O2S4. The number of hydrogen-bond acceptors (Lipinski definition) is 6. The zero-order valence-electron chi connectivity index (χ0n) is 7.91. The van der Waals surface area contributed by atoms with Crippen LogP contribution in [-0.2, 0) is 0 Å². The summed E-state index contributed by atoms with van der Waals surface area (Å²) in [5, 5.41) is 3.78.